The third-order valence-corrected chi connectivity index (χ3v) is 7.88. The smallest absolute Gasteiger partial charge is 0.305 e. The first-order chi connectivity index (χ1) is 18.3. The summed E-state index contributed by atoms with van der Waals surface area (Å²) >= 11 is 0. The van der Waals surface area contributed by atoms with E-state index in [9.17, 15) is 39.6 Å². The second-order valence-electron chi connectivity index (χ2n) is 10.4. The number of rotatable bonds is 8. The number of nitrogens with two attached hydrogens (primary N) is 1. The number of carbonyl (C=O) groups is 4. The molecule has 0 radical (unpaired) electrons. The van der Waals surface area contributed by atoms with Crippen LogP contribution in [0.15, 0.2) is 28.7 Å². The Morgan fingerprint density at radius 2 is 1.90 bits per heavy atom. The van der Waals surface area contributed by atoms with E-state index < -0.39 is 52.0 Å². The van der Waals surface area contributed by atoms with Crippen LogP contribution in [-0.2, 0) is 32.1 Å². The van der Waals surface area contributed by atoms with Gasteiger partial charge in [0.1, 0.15) is 22.8 Å². The number of nitrogens with one attached hydrogen (secondary N) is 1. The number of amides is 1. The van der Waals surface area contributed by atoms with Gasteiger partial charge in [0.2, 0.25) is 5.78 Å². The normalized spacial score (nSPS) is 24.2. The zero-order valence-corrected chi connectivity index (χ0v) is 22.0. The third-order valence-electron chi connectivity index (χ3n) is 7.88. The van der Waals surface area contributed by atoms with Gasteiger partial charge in [-0.05, 0) is 43.4 Å². The Hall–Kier alpha value is -3.90. The number of primary amides is 1. The molecule has 0 aromatic heterocycles. The molecule has 7 N–H and O–H groups in total. The Labute approximate surface area is 224 Å². The molecule has 210 valence electrons. The monoisotopic (exact) mass is 543 g/mol. The van der Waals surface area contributed by atoms with Crippen LogP contribution in [-0.4, -0.2) is 77.2 Å². The van der Waals surface area contributed by atoms with E-state index in [0.29, 0.717) is 29.8 Å². The molecule has 0 unspecified atom stereocenters. The highest BCUT2D eigenvalue weighted by atomic mass is 16.5. The van der Waals surface area contributed by atoms with Crippen LogP contribution in [0.2, 0.25) is 0 Å². The van der Waals surface area contributed by atoms with Crippen LogP contribution in [0.4, 0.5) is 5.69 Å². The lowest BCUT2D eigenvalue weighted by molar-refractivity contribution is -0.144. The number of ether oxygens (including phenoxy) is 1. The lowest BCUT2D eigenvalue weighted by atomic mass is 9.60. The standard InChI is InChI=1S/C27H33N3O9/c1-30(2)16-9-13(11-29-6-4-5-18(32)39-3)22(33)20-15(16)8-12-7-14-10-17(31)21(26(28)37)25(36)27(14,38)24(35)19(12)23(20)34/h9,12,14,29,31,33,35,38H,4-8,10-11H2,1-3H3,(H2,28,37)/t12-,14+,27+/m1/s1. The summed E-state index contributed by atoms with van der Waals surface area (Å²) in [5.41, 5.74) is 3.24. The van der Waals surface area contributed by atoms with Crippen molar-refractivity contribution in [1.29, 1.82) is 0 Å². The van der Waals surface area contributed by atoms with Crippen LogP contribution >= 0.6 is 0 Å². The van der Waals surface area contributed by atoms with Crippen molar-refractivity contribution < 1.29 is 44.3 Å². The van der Waals surface area contributed by atoms with Gasteiger partial charge in [0.05, 0.1) is 12.7 Å². The van der Waals surface area contributed by atoms with Gasteiger partial charge in [-0.3, -0.25) is 19.2 Å². The molecule has 1 aromatic rings. The highest BCUT2D eigenvalue weighted by Crippen LogP contribution is 2.52. The number of hydrogen-bond donors (Lipinski definition) is 6. The maximum absolute atomic E-state index is 13.9. The number of Topliss-reactive ketones (excluding diaryl/α,β-unsaturated/α-hetero) is 2. The second kappa shape index (κ2) is 10.3. The summed E-state index contributed by atoms with van der Waals surface area (Å²) in [6.07, 6.45) is 0.748. The quantitative estimate of drug-likeness (QED) is 0.153. The predicted octanol–water partition coefficient (Wildman–Crippen LogP) is 0.689. The van der Waals surface area contributed by atoms with Crippen LogP contribution in [0.25, 0.3) is 0 Å². The minimum atomic E-state index is -2.60. The molecule has 0 fully saturated rings. The Morgan fingerprint density at radius 3 is 2.51 bits per heavy atom. The van der Waals surface area contributed by atoms with E-state index in [4.69, 9.17) is 5.73 Å². The van der Waals surface area contributed by atoms with Crippen molar-refractivity contribution >= 4 is 29.1 Å². The maximum atomic E-state index is 13.9. The predicted molar refractivity (Wildman–Crippen MR) is 138 cm³/mol. The van der Waals surface area contributed by atoms with E-state index in [1.807, 2.05) is 0 Å². The van der Waals surface area contributed by atoms with Crippen molar-refractivity contribution in [2.75, 3.05) is 32.6 Å². The summed E-state index contributed by atoms with van der Waals surface area (Å²) in [5, 5.41) is 47.2. The topological polar surface area (TPSA) is 200 Å². The molecule has 0 aliphatic heterocycles. The molecule has 1 aromatic carbocycles. The summed E-state index contributed by atoms with van der Waals surface area (Å²) in [7, 11) is 4.90. The molecule has 12 heteroatoms. The number of hydrogen-bond acceptors (Lipinski definition) is 11. The number of nitrogens with zero attached hydrogens (tertiary/aromatic N) is 1. The Bertz CT molecular complexity index is 1330. The molecule has 4 rings (SSSR count). The fraction of sp³-hybridized carbons (Fsp3) is 0.481. The van der Waals surface area contributed by atoms with Gasteiger partial charge in [0, 0.05) is 56.2 Å². The zero-order valence-electron chi connectivity index (χ0n) is 22.0. The number of phenolic OH excluding ortho intramolecular Hbond substituents is 1. The van der Waals surface area contributed by atoms with Crippen molar-refractivity contribution in [1.82, 2.24) is 5.32 Å². The number of benzene rings is 1. The molecule has 12 nitrogen and oxygen atoms in total. The number of anilines is 1. The Balaban J connectivity index is 1.74. The van der Waals surface area contributed by atoms with Gasteiger partial charge in [0.15, 0.2) is 11.4 Å². The number of carbonyl (C=O) groups excluding carboxylic acids is 4. The first kappa shape index (κ1) is 28.1. The number of aliphatic hydroxyl groups excluding tert-OH is 2. The van der Waals surface area contributed by atoms with Crippen LogP contribution in [0.5, 0.6) is 5.75 Å². The molecule has 1 amide bonds. The van der Waals surface area contributed by atoms with E-state index in [0.717, 1.165) is 0 Å². The van der Waals surface area contributed by atoms with Gasteiger partial charge in [-0.15, -0.1) is 0 Å². The van der Waals surface area contributed by atoms with E-state index in [1.165, 1.54) is 7.11 Å². The number of ketones is 2. The average Bonchev–Trinajstić information content (AvgIpc) is 2.86. The molecular formula is C27H33N3O9. The van der Waals surface area contributed by atoms with Crippen molar-refractivity contribution in [2.24, 2.45) is 17.6 Å². The van der Waals surface area contributed by atoms with Gasteiger partial charge in [0.25, 0.3) is 5.91 Å². The van der Waals surface area contributed by atoms with Crippen LogP contribution in [0, 0.1) is 11.8 Å². The van der Waals surface area contributed by atoms with E-state index in [1.54, 1.807) is 25.1 Å². The van der Waals surface area contributed by atoms with Gasteiger partial charge in [-0.25, -0.2) is 0 Å². The highest BCUT2D eigenvalue weighted by molar-refractivity contribution is 6.24. The first-order valence-corrected chi connectivity index (χ1v) is 12.6. The average molecular weight is 544 g/mol. The molecule has 0 spiro atoms. The number of aliphatic hydroxyl groups is 3. The number of allylic oxidation sites excluding steroid dienone is 2. The first-order valence-electron chi connectivity index (χ1n) is 12.6. The van der Waals surface area contributed by atoms with Crippen molar-refractivity contribution in [3.05, 3.63) is 45.4 Å². The molecule has 0 heterocycles. The van der Waals surface area contributed by atoms with E-state index in [-0.39, 0.29) is 55.1 Å². The van der Waals surface area contributed by atoms with Crippen LogP contribution < -0.4 is 16.0 Å². The van der Waals surface area contributed by atoms with Crippen molar-refractivity contribution in [2.45, 2.75) is 44.2 Å². The largest absolute Gasteiger partial charge is 0.511 e. The molecular weight excluding hydrogens is 510 g/mol. The fourth-order valence-electron chi connectivity index (χ4n) is 5.94. The molecule has 3 aliphatic rings. The number of phenols is 1. The molecule has 3 aliphatic carbocycles. The maximum Gasteiger partial charge on any atom is 0.305 e. The summed E-state index contributed by atoms with van der Waals surface area (Å²) in [6, 6.07) is 1.76. The van der Waals surface area contributed by atoms with Gasteiger partial charge in [-0.1, -0.05) is 0 Å². The Morgan fingerprint density at radius 1 is 1.21 bits per heavy atom. The van der Waals surface area contributed by atoms with Gasteiger partial charge >= 0.3 is 5.97 Å². The summed E-state index contributed by atoms with van der Waals surface area (Å²) in [4.78, 5) is 51.9. The van der Waals surface area contributed by atoms with Gasteiger partial charge < -0.3 is 41.1 Å². The highest BCUT2D eigenvalue weighted by Gasteiger charge is 2.59. The van der Waals surface area contributed by atoms with Gasteiger partial charge in [-0.2, -0.15) is 0 Å². The minimum Gasteiger partial charge on any atom is -0.511 e. The van der Waals surface area contributed by atoms with Crippen molar-refractivity contribution in [3.63, 3.8) is 0 Å². The minimum absolute atomic E-state index is 0.0378. The summed E-state index contributed by atoms with van der Waals surface area (Å²) in [5.74, 6) is -6.89. The molecule has 39 heavy (non-hydrogen) atoms. The van der Waals surface area contributed by atoms with E-state index in [2.05, 4.69) is 10.1 Å². The van der Waals surface area contributed by atoms with Crippen LogP contribution in [0.1, 0.15) is 47.2 Å². The zero-order chi connectivity index (χ0) is 28.8. The third kappa shape index (κ3) is 4.53. The summed E-state index contributed by atoms with van der Waals surface area (Å²) in [6.45, 7) is 0.628. The van der Waals surface area contributed by atoms with Crippen molar-refractivity contribution in [3.8, 4) is 5.75 Å². The lowest BCUT2D eigenvalue weighted by Crippen LogP contribution is -2.57. The van der Waals surface area contributed by atoms with Crippen LogP contribution in [0.3, 0.4) is 0 Å². The number of esters is 1. The SMILES string of the molecule is COC(=O)CCCNCc1cc(N(C)C)c2c(c1O)C(=O)C1=C(O)[C@]3(O)C(=O)C(C(N)=O)=C(O)C[C@@H]3C[C@@H]1C2. The molecule has 0 saturated carbocycles. The Kier molecular flexibility index (Phi) is 7.46. The number of methoxy groups -OCH3 is 1. The van der Waals surface area contributed by atoms with E-state index >= 15 is 0 Å². The molecule has 0 bridgehead atoms. The lowest BCUT2D eigenvalue weighted by Gasteiger charge is -2.46. The second-order valence-corrected chi connectivity index (χ2v) is 10.4. The summed E-state index contributed by atoms with van der Waals surface area (Å²) < 4.78 is 4.62. The fourth-order valence-corrected chi connectivity index (χ4v) is 5.94. The number of aromatic hydroxyl groups is 1. The molecule has 0 saturated heterocycles. The molecule has 3 atom stereocenters. The number of fused-ring (bicyclic) bond motifs is 3.